The summed E-state index contributed by atoms with van der Waals surface area (Å²) in [6, 6.07) is 13.6. The zero-order valence-corrected chi connectivity index (χ0v) is 21.4. The third kappa shape index (κ3) is 6.79. The molecule has 1 fully saturated rings. The minimum atomic E-state index is -3.85. The minimum absolute atomic E-state index is 0.0287. The Morgan fingerprint density at radius 2 is 2.03 bits per heavy atom. The van der Waals surface area contributed by atoms with Gasteiger partial charge in [-0.2, -0.15) is 4.98 Å². The van der Waals surface area contributed by atoms with E-state index in [9.17, 15) is 24.6 Å². The molecule has 12 nitrogen and oxygen atoms in total. The van der Waals surface area contributed by atoms with Gasteiger partial charge in [0.15, 0.2) is 0 Å². The molecular weight excluding hydrogens is 529 g/mol. The summed E-state index contributed by atoms with van der Waals surface area (Å²) in [5.74, 6) is 0.0901. The summed E-state index contributed by atoms with van der Waals surface area (Å²) in [7, 11) is -3.85. The second kappa shape index (κ2) is 11.6. The molecule has 192 valence electrons. The van der Waals surface area contributed by atoms with E-state index in [1.54, 1.807) is 0 Å². The lowest BCUT2D eigenvalue weighted by atomic mass is 10.2. The van der Waals surface area contributed by atoms with Crippen LogP contribution in [-0.2, 0) is 26.8 Å². The van der Waals surface area contributed by atoms with Crippen LogP contribution in [0.25, 0.3) is 0 Å². The molecule has 0 spiro atoms. The predicted molar refractivity (Wildman–Crippen MR) is 137 cm³/mol. The maximum absolute atomic E-state index is 13.5. The van der Waals surface area contributed by atoms with Gasteiger partial charge in [-0.25, -0.2) is 14.4 Å². The molecule has 0 bridgehead atoms. The first-order valence-corrected chi connectivity index (χ1v) is 14.1. The smallest absolute Gasteiger partial charge is 0.390 e. The van der Waals surface area contributed by atoms with Crippen molar-refractivity contribution in [1.82, 2.24) is 14.6 Å². The lowest BCUT2D eigenvalue weighted by molar-refractivity contribution is -0.380. The number of thiophene rings is 1. The maximum atomic E-state index is 13.5. The average Bonchev–Trinajstić information content (AvgIpc) is 3.48. The first-order chi connectivity index (χ1) is 17.2. The Hall–Kier alpha value is -2.58. The fraction of sp³-hybridized carbons (Fsp3) is 0.333. The Morgan fingerprint density at radius 1 is 1.25 bits per heavy atom. The highest BCUT2D eigenvalue weighted by Gasteiger charge is 2.37. The van der Waals surface area contributed by atoms with Crippen molar-refractivity contribution in [3.63, 3.8) is 0 Å². The van der Waals surface area contributed by atoms with E-state index in [0.717, 1.165) is 16.9 Å². The van der Waals surface area contributed by atoms with Gasteiger partial charge in [0.25, 0.3) is 0 Å². The van der Waals surface area contributed by atoms with Crippen LogP contribution in [0, 0.1) is 10.1 Å². The van der Waals surface area contributed by atoms with Crippen molar-refractivity contribution >= 4 is 41.7 Å². The molecule has 36 heavy (non-hydrogen) atoms. The SMILES string of the molecule is Nc1ccn(C2SC(COP(=O)(NCc3ccccc3)OCc3ccc([N+](=O)[O-])s3)CC2O)c(=O)n1. The molecular formula is C21H24N5O7PS2. The Balaban J connectivity index is 1.41. The van der Waals surface area contributed by atoms with Crippen LogP contribution in [-0.4, -0.2) is 37.5 Å². The summed E-state index contributed by atoms with van der Waals surface area (Å²) in [6.45, 7) is 0.0322. The van der Waals surface area contributed by atoms with Gasteiger partial charge in [0.1, 0.15) is 11.2 Å². The zero-order chi connectivity index (χ0) is 25.7. The predicted octanol–water partition coefficient (Wildman–Crippen LogP) is 3.29. The van der Waals surface area contributed by atoms with Gasteiger partial charge in [-0.05, 0) is 24.1 Å². The maximum Gasteiger partial charge on any atom is 0.406 e. The Labute approximate surface area is 214 Å². The first kappa shape index (κ1) is 26.5. The normalized spacial score (nSPS) is 21.3. The Kier molecular flexibility index (Phi) is 8.57. The molecule has 0 aliphatic carbocycles. The van der Waals surface area contributed by atoms with E-state index < -0.39 is 29.8 Å². The lowest BCUT2D eigenvalue weighted by Crippen LogP contribution is -2.29. The second-order valence-corrected chi connectivity index (χ2v) is 12.3. The number of benzene rings is 1. The van der Waals surface area contributed by atoms with Gasteiger partial charge < -0.3 is 10.8 Å². The molecule has 1 saturated heterocycles. The number of nitrogens with one attached hydrogen (secondary N) is 1. The monoisotopic (exact) mass is 553 g/mol. The number of nitro groups is 1. The van der Waals surface area contributed by atoms with E-state index in [1.165, 1.54) is 40.7 Å². The summed E-state index contributed by atoms with van der Waals surface area (Å²) < 4.78 is 26.2. The molecule has 4 rings (SSSR count). The Morgan fingerprint density at radius 3 is 2.72 bits per heavy atom. The standard InChI is InChI=1S/C21H24N5O7PS2/c22-18-8-9-25(21(28)24-18)20-17(27)10-16(36-20)13-33-34(31,23-11-14-4-2-1-3-5-14)32-12-15-6-7-19(35-15)26(29)30/h1-9,16-17,20,27H,10-13H2,(H,23,31)(H2,22,24,28). The number of nitrogens with zero attached hydrogens (tertiary/aromatic N) is 3. The van der Waals surface area contributed by atoms with Crippen molar-refractivity contribution in [2.75, 3.05) is 12.3 Å². The van der Waals surface area contributed by atoms with E-state index in [0.29, 0.717) is 11.3 Å². The summed E-state index contributed by atoms with van der Waals surface area (Å²) in [5.41, 5.74) is 5.83. The van der Waals surface area contributed by atoms with Crippen LogP contribution in [0.1, 0.15) is 22.2 Å². The third-order valence-corrected chi connectivity index (χ3v) is 9.29. The fourth-order valence-corrected chi connectivity index (χ4v) is 7.16. The molecule has 3 heterocycles. The van der Waals surface area contributed by atoms with Crippen molar-refractivity contribution < 1.29 is 23.6 Å². The average molecular weight is 554 g/mol. The Bertz CT molecular complexity index is 1310. The minimum Gasteiger partial charge on any atom is -0.390 e. The van der Waals surface area contributed by atoms with E-state index in [4.69, 9.17) is 14.8 Å². The quantitative estimate of drug-likeness (QED) is 0.181. The zero-order valence-electron chi connectivity index (χ0n) is 18.8. The number of aromatic nitrogens is 2. The largest absolute Gasteiger partial charge is 0.406 e. The summed E-state index contributed by atoms with van der Waals surface area (Å²) in [4.78, 5) is 26.8. The van der Waals surface area contributed by atoms with Gasteiger partial charge in [-0.15, -0.1) is 11.8 Å². The fourth-order valence-electron chi connectivity index (χ4n) is 3.49. The van der Waals surface area contributed by atoms with Crippen molar-refractivity contribution in [1.29, 1.82) is 0 Å². The highest BCUT2D eigenvalue weighted by atomic mass is 32.2. The number of thioether (sulfide) groups is 1. The van der Waals surface area contributed by atoms with Crippen molar-refractivity contribution in [3.05, 3.63) is 85.8 Å². The van der Waals surface area contributed by atoms with Crippen molar-refractivity contribution in [3.8, 4) is 0 Å². The molecule has 4 N–H and O–H groups in total. The third-order valence-electron chi connectivity index (χ3n) is 5.25. The number of aliphatic hydroxyl groups excluding tert-OH is 1. The molecule has 0 amide bonds. The van der Waals surface area contributed by atoms with Gasteiger partial charge in [0.05, 0.1) is 24.2 Å². The van der Waals surface area contributed by atoms with Crippen LogP contribution in [0.4, 0.5) is 10.8 Å². The van der Waals surface area contributed by atoms with Crippen molar-refractivity contribution in [2.24, 2.45) is 0 Å². The van der Waals surface area contributed by atoms with Gasteiger partial charge in [-0.1, -0.05) is 41.7 Å². The number of hydrogen-bond donors (Lipinski definition) is 3. The first-order valence-electron chi connectivity index (χ1n) is 10.8. The summed E-state index contributed by atoms with van der Waals surface area (Å²) in [5, 5.41) is 23.4. The molecule has 1 aliphatic heterocycles. The number of hydrogen-bond acceptors (Lipinski definition) is 11. The van der Waals surface area contributed by atoms with Crippen molar-refractivity contribution in [2.45, 2.75) is 36.3 Å². The van der Waals surface area contributed by atoms with Crippen LogP contribution >= 0.6 is 30.8 Å². The summed E-state index contributed by atoms with van der Waals surface area (Å²) in [6.07, 6.45) is 0.919. The number of nitrogens with two attached hydrogens (primary N) is 1. The highest BCUT2D eigenvalue weighted by molar-refractivity contribution is 8.00. The highest BCUT2D eigenvalue weighted by Crippen LogP contribution is 2.48. The van der Waals surface area contributed by atoms with E-state index in [1.807, 2.05) is 30.3 Å². The molecule has 0 saturated carbocycles. The van der Waals surface area contributed by atoms with Gasteiger partial charge in [0, 0.05) is 28.9 Å². The number of anilines is 1. The molecule has 2 aromatic heterocycles. The number of aliphatic hydroxyl groups is 1. The van der Waals surface area contributed by atoms with Crippen LogP contribution in [0.3, 0.4) is 0 Å². The molecule has 1 aliphatic rings. The molecule has 0 radical (unpaired) electrons. The molecule has 1 aromatic carbocycles. The van der Waals surface area contributed by atoms with Crippen LogP contribution in [0.5, 0.6) is 0 Å². The second-order valence-electron chi connectivity index (χ2n) is 7.88. The van der Waals surface area contributed by atoms with Crippen LogP contribution in [0.2, 0.25) is 0 Å². The number of nitrogen functional groups attached to an aromatic ring is 1. The molecule has 3 aromatic rings. The van der Waals surface area contributed by atoms with E-state index >= 15 is 0 Å². The topological polar surface area (TPSA) is 172 Å². The lowest BCUT2D eigenvalue weighted by Gasteiger charge is -2.21. The van der Waals surface area contributed by atoms with Crippen LogP contribution < -0.4 is 16.5 Å². The van der Waals surface area contributed by atoms with Gasteiger partial charge in [-0.3, -0.25) is 23.7 Å². The molecule has 4 atom stereocenters. The van der Waals surface area contributed by atoms with Gasteiger partial charge >= 0.3 is 18.4 Å². The van der Waals surface area contributed by atoms with E-state index in [-0.39, 0.29) is 35.8 Å². The summed E-state index contributed by atoms with van der Waals surface area (Å²) >= 11 is 2.23. The number of rotatable bonds is 11. The molecule has 15 heteroatoms. The molecule has 4 unspecified atom stereocenters. The van der Waals surface area contributed by atoms with Crippen LogP contribution in [0.15, 0.2) is 59.5 Å². The van der Waals surface area contributed by atoms with Gasteiger partial charge in [0.2, 0.25) is 0 Å². The van der Waals surface area contributed by atoms with E-state index in [2.05, 4.69) is 10.1 Å².